The van der Waals surface area contributed by atoms with Gasteiger partial charge in [-0.25, -0.2) is 9.18 Å². The molecule has 7 heteroatoms. The summed E-state index contributed by atoms with van der Waals surface area (Å²) in [4.78, 5) is 13.4. The molecule has 2 rings (SSSR count). The highest BCUT2D eigenvalue weighted by molar-refractivity contribution is 5.74. The van der Waals surface area contributed by atoms with Crippen LogP contribution < -0.4 is 5.32 Å². The number of aliphatic hydroxyl groups excluding tert-OH is 1. The van der Waals surface area contributed by atoms with Crippen LogP contribution in [0.15, 0.2) is 6.20 Å². The number of hydrogen-bond donors (Lipinski definition) is 2. The van der Waals surface area contributed by atoms with E-state index >= 15 is 0 Å². The topological polar surface area (TPSA) is 70.4 Å². The highest BCUT2D eigenvalue weighted by atomic mass is 19.1. The van der Waals surface area contributed by atoms with Crippen LogP contribution in [0.3, 0.4) is 0 Å². The standard InChI is InChI=1S/C13H21FN4O2/c1-3-11-10(7-17(2)16-11)6-15-12(20)18-5-4-13(14,8-18)9-19/h7,19H,3-6,8-9H2,1-2H3,(H,15,20). The molecule has 2 heterocycles. The largest absolute Gasteiger partial charge is 0.393 e. The van der Waals surface area contributed by atoms with Crippen molar-refractivity contribution in [1.29, 1.82) is 0 Å². The fourth-order valence-electron chi connectivity index (χ4n) is 2.45. The third kappa shape index (κ3) is 3.09. The van der Waals surface area contributed by atoms with Gasteiger partial charge in [-0.3, -0.25) is 4.68 Å². The van der Waals surface area contributed by atoms with Crippen molar-refractivity contribution in [2.45, 2.75) is 32.0 Å². The smallest absolute Gasteiger partial charge is 0.317 e. The number of carbonyl (C=O) groups excluding carboxylic acids is 1. The molecule has 0 aliphatic carbocycles. The number of nitrogens with one attached hydrogen (secondary N) is 1. The zero-order valence-electron chi connectivity index (χ0n) is 11.9. The molecule has 1 aliphatic heterocycles. The van der Waals surface area contributed by atoms with Gasteiger partial charge in [-0.2, -0.15) is 5.10 Å². The predicted octanol–water partition coefficient (Wildman–Crippen LogP) is 0.598. The molecule has 1 aromatic heterocycles. The molecule has 1 unspecified atom stereocenters. The Morgan fingerprint density at radius 2 is 2.40 bits per heavy atom. The number of aliphatic hydroxyl groups is 1. The number of carbonyl (C=O) groups is 1. The average molecular weight is 284 g/mol. The minimum Gasteiger partial charge on any atom is -0.393 e. The summed E-state index contributed by atoms with van der Waals surface area (Å²) in [7, 11) is 1.84. The van der Waals surface area contributed by atoms with E-state index in [1.54, 1.807) is 4.68 Å². The Morgan fingerprint density at radius 1 is 1.65 bits per heavy atom. The van der Waals surface area contributed by atoms with Crippen molar-refractivity contribution in [1.82, 2.24) is 20.0 Å². The predicted molar refractivity (Wildman–Crippen MR) is 71.9 cm³/mol. The first-order valence-electron chi connectivity index (χ1n) is 6.81. The fourth-order valence-corrected chi connectivity index (χ4v) is 2.45. The normalized spacial score (nSPS) is 22.3. The van der Waals surface area contributed by atoms with Gasteiger partial charge in [0.2, 0.25) is 0 Å². The summed E-state index contributed by atoms with van der Waals surface area (Å²) in [6, 6.07) is -0.302. The van der Waals surface area contributed by atoms with Crippen LogP contribution >= 0.6 is 0 Å². The molecule has 0 spiro atoms. The van der Waals surface area contributed by atoms with Crippen molar-refractivity contribution in [2.24, 2.45) is 7.05 Å². The van der Waals surface area contributed by atoms with Gasteiger partial charge in [-0.15, -0.1) is 0 Å². The zero-order valence-corrected chi connectivity index (χ0v) is 11.9. The van der Waals surface area contributed by atoms with Crippen molar-refractivity contribution >= 4 is 6.03 Å². The van der Waals surface area contributed by atoms with Crippen molar-refractivity contribution in [3.63, 3.8) is 0 Å². The summed E-state index contributed by atoms with van der Waals surface area (Å²) < 4.78 is 15.6. The van der Waals surface area contributed by atoms with E-state index in [0.717, 1.165) is 17.7 Å². The van der Waals surface area contributed by atoms with Gasteiger partial charge >= 0.3 is 6.03 Å². The summed E-state index contributed by atoms with van der Waals surface area (Å²) in [5.74, 6) is 0. The Kier molecular flexibility index (Phi) is 4.27. The van der Waals surface area contributed by atoms with Crippen LogP contribution in [0.5, 0.6) is 0 Å². The van der Waals surface area contributed by atoms with E-state index in [4.69, 9.17) is 5.11 Å². The lowest BCUT2D eigenvalue weighted by atomic mass is 10.1. The molecule has 2 N–H and O–H groups in total. The van der Waals surface area contributed by atoms with Crippen LogP contribution in [0.2, 0.25) is 0 Å². The van der Waals surface area contributed by atoms with Gasteiger partial charge in [-0.1, -0.05) is 6.92 Å². The van der Waals surface area contributed by atoms with E-state index in [9.17, 15) is 9.18 Å². The van der Waals surface area contributed by atoms with Crippen LogP contribution in [0.4, 0.5) is 9.18 Å². The maximum absolute atomic E-state index is 13.9. The first kappa shape index (κ1) is 14.8. The molecule has 0 bridgehead atoms. The molecule has 0 saturated carbocycles. The molecular formula is C13H21FN4O2. The quantitative estimate of drug-likeness (QED) is 0.850. The Labute approximate surface area is 117 Å². The summed E-state index contributed by atoms with van der Waals surface area (Å²) in [6.07, 6.45) is 2.86. The summed E-state index contributed by atoms with van der Waals surface area (Å²) in [5, 5.41) is 16.0. The first-order valence-corrected chi connectivity index (χ1v) is 6.81. The molecule has 1 aromatic rings. The number of amides is 2. The number of aromatic nitrogens is 2. The summed E-state index contributed by atoms with van der Waals surface area (Å²) in [6.45, 7) is 2.12. The van der Waals surface area contributed by atoms with Gasteiger partial charge in [0, 0.05) is 38.3 Å². The third-order valence-corrected chi connectivity index (χ3v) is 3.63. The molecular weight excluding hydrogens is 263 g/mol. The number of rotatable bonds is 4. The van der Waals surface area contributed by atoms with Crippen LogP contribution in [-0.4, -0.2) is 51.2 Å². The Hall–Kier alpha value is -1.63. The SMILES string of the molecule is CCc1nn(C)cc1CNC(=O)N1CCC(F)(CO)C1. The monoisotopic (exact) mass is 284 g/mol. The second-order valence-corrected chi connectivity index (χ2v) is 5.27. The van der Waals surface area contributed by atoms with E-state index in [-0.39, 0.29) is 19.0 Å². The van der Waals surface area contributed by atoms with Crippen molar-refractivity contribution in [2.75, 3.05) is 19.7 Å². The minimum atomic E-state index is -1.65. The maximum atomic E-state index is 13.9. The zero-order chi connectivity index (χ0) is 14.8. The van der Waals surface area contributed by atoms with Crippen LogP contribution in [0.1, 0.15) is 24.6 Å². The number of nitrogens with zero attached hydrogens (tertiary/aromatic N) is 3. The number of alkyl halides is 1. The van der Waals surface area contributed by atoms with E-state index < -0.39 is 12.3 Å². The van der Waals surface area contributed by atoms with Gasteiger partial charge in [0.25, 0.3) is 0 Å². The number of aryl methyl sites for hydroxylation is 2. The fraction of sp³-hybridized carbons (Fsp3) is 0.692. The lowest BCUT2D eigenvalue weighted by molar-refractivity contribution is 0.0805. The Balaban J connectivity index is 1.90. The molecule has 1 fully saturated rings. The van der Waals surface area contributed by atoms with Crippen molar-refractivity contribution in [3.8, 4) is 0 Å². The average Bonchev–Trinajstić information content (AvgIpc) is 3.00. The second-order valence-electron chi connectivity index (χ2n) is 5.27. The number of urea groups is 1. The lowest BCUT2D eigenvalue weighted by Crippen LogP contribution is -2.41. The van der Waals surface area contributed by atoms with Gasteiger partial charge in [-0.05, 0) is 6.42 Å². The summed E-state index contributed by atoms with van der Waals surface area (Å²) in [5.41, 5.74) is 0.265. The van der Waals surface area contributed by atoms with E-state index in [1.807, 2.05) is 20.2 Å². The Morgan fingerprint density at radius 3 is 3.00 bits per heavy atom. The molecule has 112 valence electrons. The van der Waals surface area contributed by atoms with E-state index in [2.05, 4.69) is 10.4 Å². The van der Waals surface area contributed by atoms with E-state index in [0.29, 0.717) is 13.1 Å². The number of likely N-dealkylation sites (tertiary alicyclic amines) is 1. The van der Waals surface area contributed by atoms with Gasteiger partial charge in [0.05, 0.1) is 18.8 Å². The van der Waals surface area contributed by atoms with Crippen LogP contribution in [0, 0.1) is 0 Å². The molecule has 1 atom stereocenters. The molecule has 0 aromatic carbocycles. The van der Waals surface area contributed by atoms with Gasteiger partial charge in [0.1, 0.15) is 0 Å². The first-order chi connectivity index (χ1) is 9.47. The van der Waals surface area contributed by atoms with Gasteiger partial charge in [0.15, 0.2) is 5.67 Å². The number of hydrogen-bond acceptors (Lipinski definition) is 3. The molecule has 20 heavy (non-hydrogen) atoms. The molecule has 1 aliphatic rings. The van der Waals surface area contributed by atoms with Crippen LogP contribution in [-0.2, 0) is 20.0 Å². The molecule has 0 radical (unpaired) electrons. The summed E-state index contributed by atoms with van der Waals surface area (Å²) >= 11 is 0. The molecule has 1 saturated heterocycles. The highest BCUT2D eigenvalue weighted by Crippen LogP contribution is 2.24. The van der Waals surface area contributed by atoms with Crippen LogP contribution in [0.25, 0.3) is 0 Å². The molecule has 6 nitrogen and oxygen atoms in total. The third-order valence-electron chi connectivity index (χ3n) is 3.63. The molecule has 2 amide bonds. The van der Waals surface area contributed by atoms with Crippen molar-refractivity contribution in [3.05, 3.63) is 17.5 Å². The number of halogens is 1. The highest BCUT2D eigenvalue weighted by Gasteiger charge is 2.39. The lowest BCUT2D eigenvalue weighted by Gasteiger charge is -2.19. The second kappa shape index (κ2) is 5.78. The maximum Gasteiger partial charge on any atom is 0.317 e. The van der Waals surface area contributed by atoms with E-state index in [1.165, 1.54) is 4.90 Å². The van der Waals surface area contributed by atoms with Gasteiger partial charge < -0.3 is 15.3 Å². The minimum absolute atomic E-state index is 0.0526. The Bertz CT molecular complexity index is 491. The van der Waals surface area contributed by atoms with Crippen molar-refractivity contribution < 1.29 is 14.3 Å².